The Balaban J connectivity index is 2.45. The Hall–Kier alpha value is -1.39. The van der Waals surface area contributed by atoms with Crippen molar-refractivity contribution in [2.75, 3.05) is 0 Å². The molecule has 5 heteroatoms. The van der Waals surface area contributed by atoms with Gasteiger partial charge in [-0.25, -0.2) is 4.98 Å². The van der Waals surface area contributed by atoms with Crippen molar-refractivity contribution in [3.63, 3.8) is 0 Å². The van der Waals surface area contributed by atoms with Crippen molar-refractivity contribution in [2.24, 2.45) is 0 Å². The van der Waals surface area contributed by atoms with Crippen LogP contribution in [0.2, 0.25) is 0 Å². The number of hydrogen-bond acceptors (Lipinski definition) is 3. The van der Waals surface area contributed by atoms with Gasteiger partial charge in [0.1, 0.15) is 11.6 Å². The van der Waals surface area contributed by atoms with Crippen LogP contribution in [0.5, 0.6) is 0 Å². The Morgan fingerprint density at radius 3 is 2.69 bits per heavy atom. The monoisotopic (exact) mass is 183 g/mol. The van der Waals surface area contributed by atoms with Gasteiger partial charge < -0.3 is 5.11 Å². The number of carboxylic acid groups (broad SMARTS) is 1. The Morgan fingerprint density at radius 2 is 2.23 bits per heavy atom. The van der Waals surface area contributed by atoms with Gasteiger partial charge in [0.25, 0.3) is 0 Å². The molecule has 1 N–H and O–H groups in total. The van der Waals surface area contributed by atoms with Gasteiger partial charge in [-0.15, -0.1) is 0 Å². The first-order valence-electron chi connectivity index (χ1n) is 4.19. The SMILES string of the molecule is Cc1nc(C)n(CCCC(=O)O)n1. The van der Waals surface area contributed by atoms with E-state index in [0.29, 0.717) is 13.0 Å². The van der Waals surface area contributed by atoms with Gasteiger partial charge in [0.15, 0.2) is 0 Å². The molecule has 0 aromatic carbocycles. The zero-order chi connectivity index (χ0) is 9.84. The van der Waals surface area contributed by atoms with Crippen molar-refractivity contribution in [2.45, 2.75) is 33.2 Å². The first-order chi connectivity index (χ1) is 6.09. The van der Waals surface area contributed by atoms with Crippen LogP contribution in [-0.4, -0.2) is 25.8 Å². The highest BCUT2D eigenvalue weighted by molar-refractivity contribution is 5.66. The van der Waals surface area contributed by atoms with Crippen LogP contribution in [-0.2, 0) is 11.3 Å². The number of nitrogens with zero attached hydrogens (tertiary/aromatic N) is 3. The van der Waals surface area contributed by atoms with Crippen molar-refractivity contribution in [1.82, 2.24) is 14.8 Å². The molecule has 0 radical (unpaired) electrons. The number of aromatic nitrogens is 3. The van der Waals surface area contributed by atoms with Crippen molar-refractivity contribution in [3.05, 3.63) is 11.6 Å². The Kier molecular flexibility index (Phi) is 3.00. The average Bonchev–Trinajstić information content (AvgIpc) is 2.29. The molecule has 0 saturated heterocycles. The van der Waals surface area contributed by atoms with E-state index in [1.165, 1.54) is 0 Å². The topological polar surface area (TPSA) is 68.0 Å². The molecule has 1 aromatic rings. The zero-order valence-electron chi connectivity index (χ0n) is 7.82. The van der Waals surface area contributed by atoms with Crippen LogP contribution < -0.4 is 0 Å². The smallest absolute Gasteiger partial charge is 0.303 e. The molecule has 72 valence electrons. The normalized spacial score (nSPS) is 10.3. The molecule has 1 heterocycles. The molecule has 13 heavy (non-hydrogen) atoms. The number of carbonyl (C=O) groups is 1. The fourth-order valence-corrected chi connectivity index (χ4v) is 1.15. The lowest BCUT2D eigenvalue weighted by molar-refractivity contribution is -0.137. The maximum Gasteiger partial charge on any atom is 0.303 e. The van der Waals surface area contributed by atoms with Gasteiger partial charge in [-0.05, 0) is 20.3 Å². The largest absolute Gasteiger partial charge is 0.481 e. The third kappa shape index (κ3) is 2.85. The molecule has 0 bridgehead atoms. The van der Waals surface area contributed by atoms with Gasteiger partial charge >= 0.3 is 5.97 Å². The summed E-state index contributed by atoms with van der Waals surface area (Å²) >= 11 is 0. The first-order valence-corrected chi connectivity index (χ1v) is 4.19. The molecule has 0 aliphatic carbocycles. The van der Waals surface area contributed by atoms with Crippen LogP contribution in [0.25, 0.3) is 0 Å². The van der Waals surface area contributed by atoms with E-state index in [4.69, 9.17) is 5.11 Å². The molecule has 0 aliphatic heterocycles. The van der Waals surface area contributed by atoms with Crippen molar-refractivity contribution >= 4 is 5.97 Å². The quantitative estimate of drug-likeness (QED) is 0.748. The van der Waals surface area contributed by atoms with E-state index in [0.717, 1.165) is 11.6 Å². The molecule has 0 spiro atoms. The van der Waals surface area contributed by atoms with Crippen LogP contribution in [0.15, 0.2) is 0 Å². The molecule has 1 aromatic heterocycles. The summed E-state index contributed by atoms with van der Waals surface area (Å²) in [7, 11) is 0. The number of carboxylic acids is 1. The summed E-state index contributed by atoms with van der Waals surface area (Å²) in [6.45, 7) is 4.31. The number of aliphatic carboxylic acids is 1. The maximum atomic E-state index is 10.2. The van der Waals surface area contributed by atoms with Crippen LogP contribution in [0.1, 0.15) is 24.5 Å². The van der Waals surface area contributed by atoms with Gasteiger partial charge in [0, 0.05) is 13.0 Å². The maximum absolute atomic E-state index is 10.2. The van der Waals surface area contributed by atoms with Gasteiger partial charge in [-0.2, -0.15) is 5.10 Å². The molecule has 0 aliphatic rings. The summed E-state index contributed by atoms with van der Waals surface area (Å²) < 4.78 is 1.73. The predicted octanol–water partition coefficient (Wildman–Crippen LogP) is 0.760. The molecule has 0 saturated carbocycles. The van der Waals surface area contributed by atoms with Crippen molar-refractivity contribution in [1.29, 1.82) is 0 Å². The second-order valence-corrected chi connectivity index (χ2v) is 2.93. The van der Waals surface area contributed by atoms with Crippen LogP contribution in [0.3, 0.4) is 0 Å². The minimum absolute atomic E-state index is 0.179. The standard InChI is InChI=1S/C8H13N3O2/c1-6-9-7(2)11(10-6)5-3-4-8(12)13/h3-5H2,1-2H3,(H,12,13). The molecule has 0 amide bonds. The third-order valence-corrected chi connectivity index (χ3v) is 1.72. The summed E-state index contributed by atoms with van der Waals surface area (Å²) in [4.78, 5) is 14.3. The van der Waals surface area contributed by atoms with Crippen molar-refractivity contribution in [3.8, 4) is 0 Å². The summed E-state index contributed by atoms with van der Waals surface area (Å²) in [6, 6.07) is 0. The van der Waals surface area contributed by atoms with E-state index in [2.05, 4.69) is 10.1 Å². The molecule has 0 fully saturated rings. The highest BCUT2D eigenvalue weighted by atomic mass is 16.4. The van der Waals surface area contributed by atoms with Gasteiger partial charge in [-0.1, -0.05) is 0 Å². The first kappa shape index (κ1) is 9.70. The lowest BCUT2D eigenvalue weighted by Crippen LogP contribution is -2.05. The van der Waals surface area contributed by atoms with E-state index < -0.39 is 5.97 Å². The fourth-order valence-electron chi connectivity index (χ4n) is 1.15. The van der Waals surface area contributed by atoms with Crippen LogP contribution >= 0.6 is 0 Å². The molecule has 0 atom stereocenters. The minimum atomic E-state index is -0.769. The molecular formula is C8H13N3O2. The van der Waals surface area contributed by atoms with Crippen LogP contribution in [0.4, 0.5) is 0 Å². The van der Waals surface area contributed by atoms with Gasteiger partial charge in [-0.3, -0.25) is 9.48 Å². The zero-order valence-corrected chi connectivity index (χ0v) is 7.82. The summed E-state index contributed by atoms with van der Waals surface area (Å²) in [5.74, 6) is 0.796. The van der Waals surface area contributed by atoms with E-state index >= 15 is 0 Å². The summed E-state index contributed by atoms with van der Waals surface area (Å²) in [6.07, 6.45) is 0.775. The Labute approximate surface area is 76.4 Å². The highest BCUT2D eigenvalue weighted by Gasteiger charge is 2.02. The molecular weight excluding hydrogens is 170 g/mol. The fraction of sp³-hybridized carbons (Fsp3) is 0.625. The van der Waals surface area contributed by atoms with Gasteiger partial charge in [0.05, 0.1) is 0 Å². The summed E-state index contributed by atoms with van der Waals surface area (Å²) in [5.41, 5.74) is 0. The van der Waals surface area contributed by atoms with E-state index in [9.17, 15) is 4.79 Å². The average molecular weight is 183 g/mol. The molecule has 5 nitrogen and oxygen atoms in total. The van der Waals surface area contributed by atoms with E-state index in [1.807, 2.05) is 13.8 Å². The second-order valence-electron chi connectivity index (χ2n) is 2.93. The Bertz CT molecular complexity index is 306. The lowest BCUT2D eigenvalue weighted by atomic mass is 10.3. The lowest BCUT2D eigenvalue weighted by Gasteiger charge is -1.99. The number of aryl methyl sites for hydroxylation is 3. The number of hydrogen-bond donors (Lipinski definition) is 1. The van der Waals surface area contributed by atoms with Crippen molar-refractivity contribution < 1.29 is 9.90 Å². The second kappa shape index (κ2) is 4.02. The molecule has 1 rings (SSSR count). The third-order valence-electron chi connectivity index (χ3n) is 1.72. The summed E-state index contributed by atoms with van der Waals surface area (Å²) in [5, 5.41) is 12.5. The van der Waals surface area contributed by atoms with Crippen LogP contribution in [0, 0.1) is 13.8 Å². The predicted molar refractivity (Wildman–Crippen MR) is 46.4 cm³/mol. The van der Waals surface area contributed by atoms with Gasteiger partial charge in [0.2, 0.25) is 0 Å². The highest BCUT2D eigenvalue weighted by Crippen LogP contribution is 1.99. The molecule has 0 unspecified atom stereocenters. The minimum Gasteiger partial charge on any atom is -0.481 e. The Morgan fingerprint density at radius 1 is 1.54 bits per heavy atom. The van der Waals surface area contributed by atoms with E-state index in [-0.39, 0.29) is 6.42 Å². The number of rotatable bonds is 4. The van der Waals surface area contributed by atoms with E-state index in [1.54, 1.807) is 4.68 Å².